The summed E-state index contributed by atoms with van der Waals surface area (Å²) in [4.78, 5) is 0. The van der Waals surface area contributed by atoms with Gasteiger partial charge in [0, 0.05) is 11.3 Å². The number of aryl methyl sites for hydroxylation is 2. The molecule has 1 aliphatic carbocycles. The summed E-state index contributed by atoms with van der Waals surface area (Å²) in [6, 6.07) is 11.0. The van der Waals surface area contributed by atoms with Crippen molar-refractivity contribution in [3.8, 4) is 11.1 Å². The number of rotatable bonds is 1. The number of nitrogens with two attached hydrogens (primary N) is 1. The second-order valence-corrected chi connectivity index (χ2v) is 4.93. The van der Waals surface area contributed by atoms with E-state index in [1.807, 2.05) is 6.07 Å². The normalized spacial score (nSPS) is 14.3. The Hall–Kier alpha value is -1.83. The first-order valence-electron chi connectivity index (χ1n) is 6.41. The zero-order valence-electron chi connectivity index (χ0n) is 10.2. The van der Waals surface area contributed by atoms with Gasteiger partial charge < -0.3 is 5.73 Å². The summed E-state index contributed by atoms with van der Waals surface area (Å²) in [5.74, 6) is -0.208. The van der Waals surface area contributed by atoms with E-state index in [1.165, 1.54) is 30.0 Å². The van der Waals surface area contributed by atoms with Crippen molar-refractivity contribution in [1.82, 2.24) is 0 Å². The number of benzene rings is 2. The number of hydrogen-bond donors (Lipinski definition) is 1. The standard InChI is InChI=1S/C16H16FN/c17-16-8-7-14(18)10-15(16)13-6-5-11-3-1-2-4-12(11)9-13/h5-10H,1-4,18H2. The highest BCUT2D eigenvalue weighted by Crippen LogP contribution is 2.29. The van der Waals surface area contributed by atoms with Crippen LogP contribution in [0.3, 0.4) is 0 Å². The third-order valence-corrected chi connectivity index (χ3v) is 3.65. The fourth-order valence-electron chi connectivity index (χ4n) is 2.67. The Morgan fingerprint density at radius 2 is 1.67 bits per heavy atom. The van der Waals surface area contributed by atoms with Crippen molar-refractivity contribution in [3.05, 3.63) is 53.3 Å². The fourth-order valence-corrected chi connectivity index (χ4v) is 2.67. The van der Waals surface area contributed by atoms with Crippen LogP contribution in [0.5, 0.6) is 0 Å². The van der Waals surface area contributed by atoms with E-state index >= 15 is 0 Å². The first-order valence-corrected chi connectivity index (χ1v) is 6.41. The maximum absolute atomic E-state index is 13.8. The zero-order chi connectivity index (χ0) is 12.5. The summed E-state index contributed by atoms with van der Waals surface area (Å²) in [5.41, 5.74) is 10.6. The Labute approximate surface area is 106 Å². The van der Waals surface area contributed by atoms with Crippen molar-refractivity contribution in [2.45, 2.75) is 25.7 Å². The van der Waals surface area contributed by atoms with Crippen molar-refractivity contribution in [1.29, 1.82) is 0 Å². The van der Waals surface area contributed by atoms with E-state index in [4.69, 9.17) is 5.73 Å². The van der Waals surface area contributed by atoms with Crippen molar-refractivity contribution in [2.24, 2.45) is 0 Å². The highest BCUT2D eigenvalue weighted by molar-refractivity contribution is 5.69. The van der Waals surface area contributed by atoms with Gasteiger partial charge in [-0.15, -0.1) is 0 Å². The third kappa shape index (κ3) is 1.99. The van der Waals surface area contributed by atoms with E-state index in [1.54, 1.807) is 12.1 Å². The van der Waals surface area contributed by atoms with Crippen molar-refractivity contribution < 1.29 is 4.39 Å². The molecule has 92 valence electrons. The van der Waals surface area contributed by atoms with Gasteiger partial charge in [-0.25, -0.2) is 4.39 Å². The molecule has 0 aromatic heterocycles. The van der Waals surface area contributed by atoms with Crippen LogP contribution < -0.4 is 5.73 Å². The lowest BCUT2D eigenvalue weighted by Crippen LogP contribution is -2.02. The lowest BCUT2D eigenvalue weighted by Gasteiger charge is -2.17. The van der Waals surface area contributed by atoms with Gasteiger partial charge in [0.25, 0.3) is 0 Å². The molecule has 0 fully saturated rings. The molecule has 18 heavy (non-hydrogen) atoms. The molecule has 2 N–H and O–H groups in total. The van der Waals surface area contributed by atoms with Crippen LogP contribution in [-0.4, -0.2) is 0 Å². The number of hydrogen-bond acceptors (Lipinski definition) is 1. The zero-order valence-corrected chi connectivity index (χ0v) is 10.2. The van der Waals surface area contributed by atoms with Crippen molar-refractivity contribution in [2.75, 3.05) is 5.73 Å². The molecule has 0 radical (unpaired) electrons. The summed E-state index contributed by atoms with van der Waals surface area (Å²) < 4.78 is 13.8. The van der Waals surface area contributed by atoms with Crippen molar-refractivity contribution in [3.63, 3.8) is 0 Å². The van der Waals surface area contributed by atoms with Crippen LogP contribution in [0.4, 0.5) is 10.1 Å². The molecule has 0 saturated carbocycles. The largest absolute Gasteiger partial charge is 0.399 e. The highest BCUT2D eigenvalue weighted by Gasteiger charge is 2.12. The van der Waals surface area contributed by atoms with E-state index in [9.17, 15) is 4.39 Å². The SMILES string of the molecule is Nc1ccc(F)c(-c2ccc3c(c2)CCCC3)c1. The second-order valence-electron chi connectivity index (χ2n) is 4.93. The van der Waals surface area contributed by atoms with Crippen LogP contribution in [-0.2, 0) is 12.8 Å². The summed E-state index contributed by atoms with van der Waals surface area (Å²) in [6.07, 6.45) is 4.75. The summed E-state index contributed by atoms with van der Waals surface area (Å²) in [6.45, 7) is 0. The number of halogens is 1. The Kier molecular flexibility index (Phi) is 2.78. The van der Waals surface area contributed by atoms with E-state index in [0.717, 1.165) is 18.4 Å². The van der Waals surface area contributed by atoms with Gasteiger partial charge in [0.15, 0.2) is 0 Å². The second kappa shape index (κ2) is 4.45. The fraction of sp³-hybridized carbons (Fsp3) is 0.250. The smallest absolute Gasteiger partial charge is 0.131 e. The van der Waals surface area contributed by atoms with Crippen LogP contribution >= 0.6 is 0 Å². The van der Waals surface area contributed by atoms with Gasteiger partial charge in [0.2, 0.25) is 0 Å². The van der Waals surface area contributed by atoms with E-state index in [-0.39, 0.29) is 5.82 Å². The monoisotopic (exact) mass is 241 g/mol. The third-order valence-electron chi connectivity index (χ3n) is 3.65. The van der Waals surface area contributed by atoms with Gasteiger partial charge in [-0.3, -0.25) is 0 Å². The van der Waals surface area contributed by atoms with E-state index in [0.29, 0.717) is 11.3 Å². The molecule has 0 unspecified atom stereocenters. The average Bonchev–Trinajstić information content (AvgIpc) is 2.41. The summed E-state index contributed by atoms with van der Waals surface area (Å²) >= 11 is 0. The van der Waals surface area contributed by atoms with Gasteiger partial charge in [-0.2, -0.15) is 0 Å². The topological polar surface area (TPSA) is 26.0 Å². The number of nitrogen functional groups attached to an aromatic ring is 1. The number of fused-ring (bicyclic) bond motifs is 1. The molecule has 0 spiro atoms. The Bertz CT molecular complexity index is 590. The van der Waals surface area contributed by atoms with Crippen molar-refractivity contribution >= 4 is 5.69 Å². The Balaban J connectivity index is 2.09. The summed E-state index contributed by atoms with van der Waals surface area (Å²) in [5, 5.41) is 0. The van der Waals surface area contributed by atoms with Gasteiger partial charge in [0.05, 0.1) is 0 Å². The van der Waals surface area contributed by atoms with Crippen LogP contribution in [0.1, 0.15) is 24.0 Å². The molecule has 0 aliphatic heterocycles. The highest BCUT2D eigenvalue weighted by atomic mass is 19.1. The molecular formula is C16H16FN. The molecule has 2 aromatic carbocycles. The maximum atomic E-state index is 13.8. The molecule has 1 aliphatic rings. The van der Waals surface area contributed by atoms with Crippen LogP contribution in [0.2, 0.25) is 0 Å². The lowest BCUT2D eigenvalue weighted by molar-refractivity contribution is 0.631. The molecule has 0 saturated heterocycles. The van der Waals surface area contributed by atoms with Gasteiger partial charge in [0.1, 0.15) is 5.82 Å². The average molecular weight is 241 g/mol. The van der Waals surface area contributed by atoms with Crippen LogP contribution in [0.25, 0.3) is 11.1 Å². The molecule has 0 bridgehead atoms. The van der Waals surface area contributed by atoms with Crippen LogP contribution in [0, 0.1) is 5.82 Å². The molecule has 0 atom stereocenters. The lowest BCUT2D eigenvalue weighted by atomic mass is 9.89. The maximum Gasteiger partial charge on any atom is 0.131 e. The van der Waals surface area contributed by atoms with Crippen LogP contribution in [0.15, 0.2) is 36.4 Å². The van der Waals surface area contributed by atoms with Gasteiger partial charge in [-0.05, 0) is 60.6 Å². The van der Waals surface area contributed by atoms with Gasteiger partial charge >= 0.3 is 0 Å². The first kappa shape index (κ1) is 11.3. The Morgan fingerprint density at radius 3 is 2.50 bits per heavy atom. The molecule has 2 heteroatoms. The molecule has 1 nitrogen and oxygen atoms in total. The molecule has 0 heterocycles. The molecule has 3 rings (SSSR count). The predicted molar refractivity (Wildman–Crippen MR) is 72.9 cm³/mol. The first-order chi connectivity index (χ1) is 8.74. The predicted octanol–water partition coefficient (Wildman–Crippen LogP) is 3.95. The molecule has 0 amide bonds. The molecular weight excluding hydrogens is 225 g/mol. The summed E-state index contributed by atoms with van der Waals surface area (Å²) in [7, 11) is 0. The van der Waals surface area contributed by atoms with E-state index in [2.05, 4.69) is 12.1 Å². The minimum Gasteiger partial charge on any atom is -0.399 e. The van der Waals surface area contributed by atoms with E-state index < -0.39 is 0 Å². The molecule has 2 aromatic rings. The quantitative estimate of drug-likeness (QED) is 0.751. The minimum absolute atomic E-state index is 0.208. The minimum atomic E-state index is -0.208. The van der Waals surface area contributed by atoms with Gasteiger partial charge in [-0.1, -0.05) is 18.2 Å². The Morgan fingerprint density at radius 1 is 0.889 bits per heavy atom. The number of anilines is 1.